The number of hydrogen-bond donors (Lipinski definition) is 2. The van der Waals surface area contributed by atoms with Gasteiger partial charge in [0.25, 0.3) is 0 Å². The molecule has 0 saturated heterocycles. The van der Waals surface area contributed by atoms with Crippen molar-refractivity contribution in [2.24, 2.45) is 0 Å². The highest BCUT2D eigenvalue weighted by Crippen LogP contribution is 2.29. The molecule has 0 unspecified atom stereocenters. The number of nitriles is 1. The number of hydrogen-bond acceptors (Lipinski definition) is 4. The van der Waals surface area contributed by atoms with Crippen LogP contribution in [0.25, 0.3) is 5.69 Å². The minimum atomic E-state index is -0.401. The Morgan fingerprint density at radius 1 is 1.11 bits per heavy atom. The van der Waals surface area contributed by atoms with Crippen molar-refractivity contribution in [3.63, 3.8) is 0 Å². The maximum atomic E-state index is 13.0. The van der Waals surface area contributed by atoms with Gasteiger partial charge in [-0.25, -0.2) is 9.48 Å². The third-order valence-corrected chi connectivity index (χ3v) is 5.53. The third-order valence-electron chi connectivity index (χ3n) is 5.21. The van der Waals surface area contributed by atoms with Crippen LogP contribution in [-0.4, -0.2) is 39.7 Å². The number of anilines is 2. The molecule has 0 radical (unpaired) electrons. The molecule has 35 heavy (non-hydrogen) atoms. The van der Waals surface area contributed by atoms with E-state index in [9.17, 15) is 9.59 Å². The zero-order chi connectivity index (χ0) is 25.6. The van der Waals surface area contributed by atoms with Crippen LogP contribution in [-0.2, 0) is 10.2 Å². The number of benzene rings is 2. The minimum Gasteiger partial charge on any atom is -0.315 e. The van der Waals surface area contributed by atoms with Crippen LogP contribution >= 0.6 is 11.6 Å². The van der Waals surface area contributed by atoms with Crippen LogP contribution in [0.15, 0.2) is 54.6 Å². The molecule has 8 nitrogen and oxygen atoms in total. The Morgan fingerprint density at radius 2 is 1.80 bits per heavy atom. The van der Waals surface area contributed by atoms with Gasteiger partial charge in [-0.05, 0) is 42.8 Å². The summed E-state index contributed by atoms with van der Waals surface area (Å²) in [5.74, 6) is 0.110. The molecule has 0 aliphatic rings. The number of urea groups is 1. The fraction of sp³-hybridized carbons (Fsp3) is 0.308. The van der Waals surface area contributed by atoms with Gasteiger partial charge in [0.15, 0.2) is 0 Å². The molecule has 0 fully saturated rings. The number of amides is 3. The van der Waals surface area contributed by atoms with Crippen molar-refractivity contribution in [1.29, 1.82) is 5.26 Å². The first kappa shape index (κ1) is 25.8. The number of nitrogens with one attached hydrogen (secondary N) is 2. The molecular formula is C26H29ClN6O2. The Labute approximate surface area is 210 Å². The summed E-state index contributed by atoms with van der Waals surface area (Å²) in [5, 5.41) is 19.8. The molecule has 0 spiro atoms. The first-order chi connectivity index (χ1) is 16.6. The molecule has 0 atom stereocenters. The standard InChI is InChI=1S/C26H29ClN6O2/c1-5-14-32(25(35)29-19-12-10-18(16-28)11-13-19)17-24(34)30-23-15-22(26(2,3)4)31-33(23)21-9-7-6-8-20(21)27/h6-13,15H,5,14,17H2,1-4H3,(H,29,35)(H,30,34). The van der Waals surface area contributed by atoms with Gasteiger partial charge < -0.3 is 15.5 Å². The van der Waals surface area contributed by atoms with Crippen molar-refractivity contribution in [2.75, 3.05) is 23.7 Å². The molecule has 0 bridgehead atoms. The lowest BCUT2D eigenvalue weighted by atomic mass is 9.92. The monoisotopic (exact) mass is 492 g/mol. The van der Waals surface area contributed by atoms with E-state index in [1.807, 2.05) is 58.0 Å². The van der Waals surface area contributed by atoms with Gasteiger partial charge in [0.1, 0.15) is 12.4 Å². The van der Waals surface area contributed by atoms with Gasteiger partial charge in [-0.2, -0.15) is 10.4 Å². The van der Waals surface area contributed by atoms with Crippen LogP contribution in [0.3, 0.4) is 0 Å². The molecule has 9 heteroatoms. The molecule has 2 N–H and O–H groups in total. The predicted octanol–water partition coefficient (Wildman–Crippen LogP) is 5.58. The summed E-state index contributed by atoms with van der Waals surface area (Å²) in [4.78, 5) is 27.3. The Kier molecular flexibility index (Phi) is 8.15. The van der Waals surface area contributed by atoms with Gasteiger partial charge in [-0.15, -0.1) is 0 Å². The average Bonchev–Trinajstić information content (AvgIpc) is 3.23. The van der Waals surface area contributed by atoms with E-state index in [-0.39, 0.29) is 17.9 Å². The summed E-state index contributed by atoms with van der Waals surface area (Å²) in [6.45, 7) is 8.29. The molecular weight excluding hydrogens is 464 g/mol. The van der Waals surface area contributed by atoms with Crippen molar-refractivity contribution in [2.45, 2.75) is 39.5 Å². The van der Waals surface area contributed by atoms with E-state index in [4.69, 9.17) is 16.9 Å². The number of aromatic nitrogens is 2. The summed E-state index contributed by atoms with van der Waals surface area (Å²) < 4.78 is 1.61. The molecule has 1 heterocycles. The molecule has 0 saturated carbocycles. The van der Waals surface area contributed by atoms with Crippen LogP contribution in [0.4, 0.5) is 16.3 Å². The second kappa shape index (κ2) is 11.1. The largest absolute Gasteiger partial charge is 0.322 e. The maximum absolute atomic E-state index is 13.0. The van der Waals surface area contributed by atoms with E-state index >= 15 is 0 Å². The average molecular weight is 493 g/mol. The molecule has 0 aliphatic heterocycles. The summed E-state index contributed by atoms with van der Waals surface area (Å²) >= 11 is 6.40. The molecule has 3 aromatic rings. The van der Waals surface area contributed by atoms with Crippen LogP contribution in [0, 0.1) is 11.3 Å². The summed E-state index contributed by atoms with van der Waals surface area (Å²) in [6, 6.07) is 17.3. The summed E-state index contributed by atoms with van der Waals surface area (Å²) in [6.07, 6.45) is 0.680. The van der Waals surface area contributed by atoms with Crippen molar-refractivity contribution in [3.8, 4) is 11.8 Å². The quantitative estimate of drug-likeness (QED) is 0.449. The maximum Gasteiger partial charge on any atom is 0.322 e. The number of carbonyl (C=O) groups is 2. The molecule has 3 rings (SSSR count). The Balaban J connectivity index is 1.79. The normalized spacial score (nSPS) is 11.0. The lowest BCUT2D eigenvalue weighted by Gasteiger charge is -2.22. The second-order valence-corrected chi connectivity index (χ2v) is 9.52. The Bertz CT molecular complexity index is 1240. The number of rotatable bonds is 7. The van der Waals surface area contributed by atoms with E-state index in [2.05, 4.69) is 15.7 Å². The zero-order valence-corrected chi connectivity index (χ0v) is 21.1. The third kappa shape index (κ3) is 6.61. The molecule has 3 amide bonds. The number of para-hydroxylation sites is 1. The molecule has 0 aliphatic carbocycles. The van der Waals surface area contributed by atoms with Crippen molar-refractivity contribution >= 4 is 35.0 Å². The topological polar surface area (TPSA) is 103 Å². The van der Waals surface area contributed by atoms with Crippen molar-refractivity contribution in [3.05, 3.63) is 70.9 Å². The van der Waals surface area contributed by atoms with Gasteiger partial charge in [0, 0.05) is 23.7 Å². The summed E-state index contributed by atoms with van der Waals surface area (Å²) in [5.41, 5.74) is 2.22. The minimum absolute atomic E-state index is 0.144. The van der Waals surface area contributed by atoms with E-state index in [0.717, 1.165) is 5.69 Å². The smallest absolute Gasteiger partial charge is 0.315 e. The number of halogens is 1. The van der Waals surface area contributed by atoms with Crippen LogP contribution in [0.1, 0.15) is 45.4 Å². The predicted molar refractivity (Wildman–Crippen MR) is 138 cm³/mol. The van der Waals surface area contributed by atoms with Crippen molar-refractivity contribution < 1.29 is 9.59 Å². The van der Waals surface area contributed by atoms with E-state index in [1.165, 1.54) is 4.90 Å². The molecule has 182 valence electrons. The van der Waals surface area contributed by atoms with E-state index in [0.29, 0.717) is 40.7 Å². The SMILES string of the molecule is CCCN(CC(=O)Nc1cc(C(C)(C)C)nn1-c1ccccc1Cl)C(=O)Nc1ccc(C#N)cc1. The highest BCUT2D eigenvalue weighted by atomic mass is 35.5. The molecule has 2 aromatic carbocycles. The Hall–Kier alpha value is -3.83. The van der Waals surface area contributed by atoms with Crippen molar-refractivity contribution in [1.82, 2.24) is 14.7 Å². The fourth-order valence-electron chi connectivity index (χ4n) is 3.35. The summed E-state index contributed by atoms with van der Waals surface area (Å²) in [7, 11) is 0. The van der Waals surface area contributed by atoms with Gasteiger partial charge in [0.2, 0.25) is 5.91 Å². The van der Waals surface area contributed by atoms with Gasteiger partial charge >= 0.3 is 6.03 Å². The first-order valence-electron chi connectivity index (χ1n) is 11.3. The first-order valence-corrected chi connectivity index (χ1v) is 11.7. The van der Waals surface area contributed by atoms with Gasteiger partial charge in [0.05, 0.1) is 28.0 Å². The number of nitrogens with zero attached hydrogens (tertiary/aromatic N) is 4. The zero-order valence-electron chi connectivity index (χ0n) is 20.3. The van der Waals surface area contributed by atoms with E-state index < -0.39 is 6.03 Å². The highest BCUT2D eigenvalue weighted by Gasteiger charge is 2.23. The van der Waals surface area contributed by atoms with Gasteiger partial charge in [-0.3, -0.25) is 4.79 Å². The van der Waals surface area contributed by atoms with E-state index in [1.54, 1.807) is 35.0 Å². The van der Waals surface area contributed by atoms with Gasteiger partial charge in [-0.1, -0.05) is 51.4 Å². The molecule has 1 aromatic heterocycles. The number of carbonyl (C=O) groups excluding carboxylic acids is 2. The van der Waals surface area contributed by atoms with Crippen LogP contribution in [0.2, 0.25) is 5.02 Å². The highest BCUT2D eigenvalue weighted by molar-refractivity contribution is 6.32. The lowest BCUT2D eigenvalue weighted by Crippen LogP contribution is -2.41. The van der Waals surface area contributed by atoms with Crippen LogP contribution in [0.5, 0.6) is 0 Å². The Morgan fingerprint density at radius 3 is 2.40 bits per heavy atom. The second-order valence-electron chi connectivity index (χ2n) is 9.12. The van der Waals surface area contributed by atoms with Crippen LogP contribution < -0.4 is 10.6 Å². The fourth-order valence-corrected chi connectivity index (χ4v) is 3.57. The lowest BCUT2D eigenvalue weighted by molar-refractivity contribution is -0.116.